The Morgan fingerprint density at radius 3 is 2.36 bits per heavy atom. The number of fused-ring (bicyclic) bond motifs is 1. The van der Waals surface area contributed by atoms with E-state index in [4.69, 9.17) is 14.2 Å². The van der Waals surface area contributed by atoms with Gasteiger partial charge in [-0.05, 0) is 20.8 Å². The van der Waals surface area contributed by atoms with Gasteiger partial charge >= 0.3 is 0 Å². The quantitative estimate of drug-likeness (QED) is 0.643. The maximum absolute atomic E-state index is 5.91. The summed E-state index contributed by atoms with van der Waals surface area (Å²) in [6, 6.07) is 0. The SMILES string of the molecule is C[C@@H]1CO[C@H]2[C@@H]1OC[C@H]2OC(C)(C)C. The molecule has 2 aliphatic heterocycles. The van der Waals surface area contributed by atoms with Crippen LogP contribution in [0.1, 0.15) is 27.7 Å². The minimum Gasteiger partial charge on any atom is -0.372 e. The highest BCUT2D eigenvalue weighted by molar-refractivity contribution is 4.94. The minimum absolute atomic E-state index is 0.113. The van der Waals surface area contributed by atoms with Gasteiger partial charge in [0.25, 0.3) is 0 Å². The second kappa shape index (κ2) is 3.47. The van der Waals surface area contributed by atoms with Gasteiger partial charge in [0, 0.05) is 5.92 Å². The van der Waals surface area contributed by atoms with Crippen LogP contribution in [0.2, 0.25) is 0 Å². The van der Waals surface area contributed by atoms with Gasteiger partial charge < -0.3 is 14.2 Å². The van der Waals surface area contributed by atoms with E-state index in [0.29, 0.717) is 12.5 Å². The lowest BCUT2D eigenvalue weighted by atomic mass is 10.0. The van der Waals surface area contributed by atoms with Crippen molar-refractivity contribution in [1.29, 1.82) is 0 Å². The highest BCUT2D eigenvalue weighted by atomic mass is 16.6. The first-order valence-corrected chi connectivity index (χ1v) is 5.38. The fourth-order valence-corrected chi connectivity index (χ4v) is 2.21. The van der Waals surface area contributed by atoms with Crippen LogP contribution < -0.4 is 0 Å². The Balaban J connectivity index is 1.97. The number of rotatable bonds is 1. The zero-order valence-corrected chi connectivity index (χ0v) is 9.45. The van der Waals surface area contributed by atoms with Crippen molar-refractivity contribution >= 4 is 0 Å². The van der Waals surface area contributed by atoms with E-state index in [-0.39, 0.29) is 23.9 Å². The third-order valence-corrected chi connectivity index (χ3v) is 2.76. The lowest BCUT2D eigenvalue weighted by molar-refractivity contribution is -0.103. The third-order valence-electron chi connectivity index (χ3n) is 2.76. The molecule has 0 aromatic rings. The van der Waals surface area contributed by atoms with Crippen molar-refractivity contribution < 1.29 is 14.2 Å². The Morgan fingerprint density at radius 1 is 1.07 bits per heavy atom. The second-order valence-electron chi connectivity index (χ2n) is 5.34. The average molecular weight is 200 g/mol. The van der Waals surface area contributed by atoms with Crippen molar-refractivity contribution in [2.45, 2.75) is 51.6 Å². The summed E-state index contributed by atoms with van der Waals surface area (Å²) in [5, 5.41) is 0. The lowest BCUT2D eigenvalue weighted by Crippen LogP contribution is -2.37. The van der Waals surface area contributed by atoms with Gasteiger partial charge in [0.15, 0.2) is 0 Å². The van der Waals surface area contributed by atoms with Crippen molar-refractivity contribution in [3.63, 3.8) is 0 Å². The van der Waals surface area contributed by atoms with Gasteiger partial charge in [-0.25, -0.2) is 0 Å². The summed E-state index contributed by atoms with van der Waals surface area (Å²) in [5.41, 5.74) is -0.113. The molecule has 4 atom stereocenters. The molecule has 3 nitrogen and oxygen atoms in total. The van der Waals surface area contributed by atoms with Gasteiger partial charge in [-0.2, -0.15) is 0 Å². The first-order chi connectivity index (χ1) is 6.47. The molecule has 2 rings (SSSR count). The monoisotopic (exact) mass is 200 g/mol. The van der Waals surface area contributed by atoms with Crippen LogP contribution >= 0.6 is 0 Å². The number of hydrogen-bond acceptors (Lipinski definition) is 3. The van der Waals surface area contributed by atoms with Crippen LogP contribution in [-0.4, -0.2) is 37.1 Å². The van der Waals surface area contributed by atoms with Gasteiger partial charge in [0.05, 0.1) is 24.9 Å². The summed E-state index contributed by atoms with van der Waals surface area (Å²) in [4.78, 5) is 0. The fourth-order valence-electron chi connectivity index (χ4n) is 2.21. The van der Waals surface area contributed by atoms with E-state index in [1.54, 1.807) is 0 Å². The van der Waals surface area contributed by atoms with Crippen molar-refractivity contribution in [2.75, 3.05) is 13.2 Å². The molecule has 0 aromatic heterocycles. The molecular weight excluding hydrogens is 180 g/mol. The van der Waals surface area contributed by atoms with E-state index in [9.17, 15) is 0 Å². The summed E-state index contributed by atoms with van der Waals surface area (Å²) in [7, 11) is 0. The molecule has 0 bridgehead atoms. The predicted octanol–water partition coefficient (Wildman–Crippen LogP) is 1.60. The number of hydrogen-bond donors (Lipinski definition) is 0. The van der Waals surface area contributed by atoms with Gasteiger partial charge in [-0.15, -0.1) is 0 Å². The molecule has 0 aliphatic carbocycles. The van der Waals surface area contributed by atoms with E-state index in [0.717, 1.165) is 6.61 Å². The van der Waals surface area contributed by atoms with E-state index in [1.807, 2.05) is 0 Å². The van der Waals surface area contributed by atoms with Crippen molar-refractivity contribution in [1.82, 2.24) is 0 Å². The second-order valence-corrected chi connectivity index (χ2v) is 5.34. The normalized spacial score (nSPS) is 42.9. The van der Waals surface area contributed by atoms with Crippen LogP contribution in [0.4, 0.5) is 0 Å². The van der Waals surface area contributed by atoms with Crippen LogP contribution in [0.15, 0.2) is 0 Å². The molecule has 0 radical (unpaired) electrons. The van der Waals surface area contributed by atoms with Gasteiger partial charge in [0.2, 0.25) is 0 Å². The Bertz CT molecular complexity index is 209. The van der Waals surface area contributed by atoms with Crippen LogP contribution in [0, 0.1) is 5.92 Å². The van der Waals surface area contributed by atoms with E-state index in [1.165, 1.54) is 0 Å². The maximum Gasteiger partial charge on any atom is 0.112 e. The standard InChI is InChI=1S/C11H20O3/c1-7-5-12-10-8(6-13-9(7)10)14-11(2,3)4/h7-10H,5-6H2,1-4H3/t7-,8-,9-,10-/m1/s1. The molecule has 3 heteroatoms. The molecule has 14 heavy (non-hydrogen) atoms. The Morgan fingerprint density at radius 2 is 1.71 bits per heavy atom. The van der Waals surface area contributed by atoms with E-state index >= 15 is 0 Å². The zero-order chi connectivity index (χ0) is 10.3. The minimum atomic E-state index is -0.113. The first kappa shape index (κ1) is 10.4. The molecule has 0 N–H and O–H groups in total. The van der Waals surface area contributed by atoms with Crippen LogP contribution in [0.25, 0.3) is 0 Å². The molecule has 0 unspecified atom stereocenters. The van der Waals surface area contributed by atoms with Crippen LogP contribution in [0.5, 0.6) is 0 Å². The van der Waals surface area contributed by atoms with Crippen LogP contribution in [0.3, 0.4) is 0 Å². The molecule has 82 valence electrons. The summed E-state index contributed by atoms with van der Waals surface area (Å²) < 4.78 is 17.3. The molecule has 2 aliphatic rings. The first-order valence-electron chi connectivity index (χ1n) is 5.38. The molecule has 0 spiro atoms. The molecule has 0 amide bonds. The van der Waals surface area contributed by atoms with Gasteiger partial charge in [-0.1, -0.05) is 6.92 Å². The van der Waals surface area contributed by atoms with E-state index < -0.39 is 0 Å². The highest BCUT2D eigenvalue weighted by Crippen LogP contribution is 2.33. The topological polar surface area (TPSA) is 27.7 Å². The third kappa shape index (κ3) is 1.95. The molecule has 0 saturated carbocycles. The Labute approximate surface area is 85.7 Å². The fraction of sp³-hybridized carbons (Fsp3) is 1.00. The molecule has 2 heterocycles. The van der Waals surface area contributed by atoms with Gasteiger partial charge in [-0.3, -0.25) is 0 Å². The average Bonchev–Trinajstić information content (AvgIpc) is 2.55. The van der Waals surface area contributed by atoms with Gasteiger partial charge in [0.1, 0.15) is 12.2 Å². The zero-order valence-electron chi connectivity index (χ0n) is 9.45. The summed E-state index contributed by atoms with van der Waals surface area (Å²) in [6.07, 6.45) is 0.525. The van der Waals surface area contributed by atoms with Crippen molar-refractivity contribution in [2.24, 2.45) is 5.92 Å². The summed E-state index contributed by atoms with van der Waals surface area (Å²) >= 11 is 0. The lowest BCUT2D eigenvalue weighted by Gasteiger charge is -2.26. The van der Waals surface area contributed by atoms with Crippen molar-refractivity contribution in [3.8, 4) is 0 Å². The van der Waals surface area contributed by atoms with E-state index in [2.05, 4.69) is 27.7 Å². The number of ether oxygens (including phenoxy) is 3. The highest BCUT2D eigenvalue weighted by Gasteiger charge is 2.47. The van der Waals surface area contributed by atoms with Crippen LogP contribution in [-0.2, 0) is 14.2 Å². The molecular formula is C11H20O3. The Hall–Kier alpha value is -0.120. The molecule has 2 fully saturated rings. The smallest absolute Gasteiger partial charge is 0.112 e. The van der Waals surface area contributed by atoms with Crippen molar-refractivity contribution in [3.05, 3.63) is 0 Å². The molecule has 2 saturated heterocycles. The largest absolute Gasteiger partial charge is 0.372 e. The predicted molar refractivity (Wildman–Crippen MR) is 53.3 cm³/mol. The summed E-state index contributed by atoms with van der Waals surface area (Å²) in [6.45, 7) is 9.86. The molecule has 0 aromatic carbocycles. The maximum atomic E-state index is 5.91. The summed E-state index contributed by atoms with van der Waals surface area (Å²) in [5.74, 6) is 0.508. The Kier molecular flexibility index (Phi) is 2.58.